The Labute approximate surface area is 114 Å². The standard InChI is InChI=1S/C14H22N4O/c1-5-17(9-12(4)8-15)13(19)10-18-7-6-16-14(18)11(2)3/h6-7,11-12H,5,9-10H2,1-4H3. The van der Waals surface area contributed by atoms with Gasteiger partial charge in [0.2, 0.25) is 5.91 Å². The van der Waals surface area contributed by atoms with E-state index in [9.17, 15) is 4.79 Å². The third-order valence-electron chi connectivity index (χ3n) is 3.02. The predicted molar refractivity (Wildman–Crippen MR) is 73.3 cm³/mol. The highest BCUT2D eigenvalue weighted by atomic mass is 16.2. The lowest BCUT2D eigenvalue weighted by atomic mass is 10.2. The van der Waals surface area contributed by atoms with Gasteiger partial charge in [-0.25, -0.2) is 4.98 Å². The summed E-state index contributed by atoms with van der Waals surface area (Å²) >= 11 is 0. The minimum Gasteiger partial charge on any atom is -0.340 e. The molecule has 104 valence electrons. The van der Waals surface area contributed by atoms with E-state index in [-0.39, 0.29) is 17.7 Å². The number of likely N-dealkylation sites (N-methyl/N-ethyl adjacent to an activating group) is 1. The smallest absolute Gasteiger partial charge is 0.242 e. The van der Waals surface area contributed by atoms with Crippen LogP contribution in [0.4, 0.5) is 0 Å². The number of nitriles is 1. The zero-order valence-electron chi connectivity index (χ0n) is 12.1. The molecule has 0 saturated carbocycles. The predicted octanol–water partition coefficient (Wildman–Crippen LogP) is 2.01. The quantitative estimate of drug-likeness (QED) is 0.788. The normalized spacial score (nSPS) is 12.2. The lowest BCUT2D eigenvalue weighted by Gasteiger charge is -2.22. The van der Waals surface area contributed by atoms with Gasteiger partial charge in [-0.3, -0.25) is 4.79 Å². The maximum absolute atomic E-state index is 12.2. The minimum absolute atomic E-state index is 0.0319. The van der Waals surface area contributed by atoms with Gasteiger partial charge >= 0.3 is 0 Å². The molecule has 0 spiro atoms. The Morgan fingerprint density at radius 3 is 2.74 bits per heavy atom. The molecule has 0 aromatic carbocycles. The summed E-state index contributed by atoms with van der Waals surface area (Å²) in [5.74, 6) is 1.09. The van der Waals surface area contributed by atoms with Gasteiger partial charge in [0.05, 0.1) is 12.0 Å². The van der Waals surface area contributed by atoms with Crippen LogP contribution in [0.15, 0.2) is 12.4 Å². The number of rotatable bonds is 6. The van der Waals surface area contributed by atoms with Gasteiger partial charge in [-0.2, -0.15) is 5.26 Å². The average Bonchev–Trinajstić information content (AvgIpc) is 2.83. The SMILES string of the molecule is CCN(CC(C)C#N)C(=O)Cn1ccnc1C(C)C. The summed E-state index contributed by atoms with van der Waals surface area (Å²) < 4.78 is 1.88. The Morgan fingerprint density at radius 2 is 2.21 bits per heavy atom. The van der Waals surface area contributed by atoms with Crippen molar-refractivity contribution in [2.45, 2.75) is 40.2 Å². The van der Waals surface area contributed by atoms with Gasteiger partial charge in [0.1, 0.15) is 12.4 Å². The molecular formula is C14H22N4O. The first-order valence-electron chi connectivity index (χ1n) is 6.68. The number of nitrogens with zero attached hydrogens (tertiary/aromatic N) is 4. The van der Waals surface area contributed by atoms with E-state index in [2.05, 4.69) is 24.9 Å². The second-order valence-electron chi connectivity index (χ2n) is 5.03. The highest BCUT2D eigenvalue weighted by Crippen LogP contribution is 2.12. The summed E-state index contributed by atoms with van der Waals surface area (Å²) in [5.41, 5.74) is 0. The molecular weight excluding hydrogens is 240 g/mol. The number of imidazole rings is 1. The summed E-state index contributed by atoms with van der Waals surface area (Å²) in [6, 6.07) is 2.16. The van der Waals surface area contributed by atoms with Gasteiger partial charge in [0.15, 0.2) is 0 Å². The molecule has 1 aromatic rings. The van der Waals surface area contributed by atoms with Crippen LogP contribution in [-0.4, -0.2) is 33.4 Å². The number of carbonyl (C=O) groups is 1. The fraction of sp³-hybridized carbons (Fsp3) is 0.643. The summed E-state index contributed by atoms with van der Waals surface area (Å²) in [7, 11) is 0. The average molecular weight is 262 g/mol. The lowest BCUT2D eigenvalue weighted by molar-refractivity contribution is -0.132. The van der Waals surface area contributed by atoms with Gasteiger partial charge in [-0.1, -0.05) is 13.8 Å². The third-order valence-corrected chi connectivity index (χ3v) is 3.02. The zero-order chi connectivity index (χ0) is 14.4. The third kappa shape index (κ3) is 4.09. The molecule has 0 aliphatic carbocycles. The highest BCUT2D eigenvalue weighted by molar-refractivity contribution is 5.76. The van der Waals surface area contributed by atoms with E-state index in [0.29, 0.717) is 19.6 Å². The van der Waals surface area contributed by atoms with E-state index in [0.717, 1.165) is 5.82 Å². The van der Waals surface area contributed by atoms with Crippen LogP contribution < -0.4 is 0 Å². The molecule has 5 heteroatoms. The van der Waals surface area contributed by atoms with E-state index in [4.69, 9.17) is 5.26 Å². The molecule has 1 aromatic heterocycles. The van der Waals surface area contributed by atoms with Crippen molar-refractivity contribution in [3.8, 4) is 6.07 Å². The van der Waals surface area contributed by atoms with Crippen LogP contribution in [0.5, 0.6) is 0 Å². The van der Waals surface area contributed by atoms with Crippen LogP contribution in [0.1, 0.15) is 39.4 Å². The van der Waals surface area contributed by atoms with Gasteiger partial charge in [-0.15, -0.1) is 0 Å². The minimum atomic E-state index is -0.142. The van der Waals surface area contributed by atoms with Crippen molar-refractivity contribution in [1.29, 1.82) is 5.26 Å². The molecule has 5 nitrogen and oxygen atoms in total. The number of amides is 1. The number of carbonyl (C=O) groups excluding carboxylic acids is 1. The van der Waals surface area contributed by atoms with Gasteiger partial charge in [0, 0.05) is 31.4 Å². The van der Waals surface area contributed by atoms with Crippen LogP contribution in [0.25, 0.3) is 0 Å². The summed E-state index contributed by atoms with van der Waals surface area (Å²) in [4.78, 5) is 18.2. The lowest BCUT2D eigenvalue weighted by Crippen LogP contribution is -2.36. The Bertz CT molecular complexity index is 458. The fourth-order valence-electron chi connectivity index (χ4n) is 1.98. The van der Waals surface area contributed by atoms with Crippen LogP contribution in [0.3, 0.4) is 0 Å². The largest absolute Gasteiger partial charge is 0.340 e. The first kappa shape index (κ1) is 15.2. The molecule has 0 N–H and O–H groups in total. The summed E-state index contributed by atoms with van der Waals surface area (Å²) in [6.45, 7) is 9.26. The molecule has 0 fully saturated rings. The molecule has 0 bridgehead atoms. The van der Waals surface area contributed by atoms with Crippen molar-refractivity contribution in [1.82, 2.24) is 14.5 Å². The number of hydrogen-bond donors (Lipinski definition) is 0. The van der Waals surface area contributed by atoms with Crippen LogP contribution in [0.2, 0.25) is 0 Å². The van der Waals surface area contributed by atoms with Crippen LogP contribution in [0, 0.1) is 17.2 Å². The number of hydrogen-bond acceptors (Lipinski definition) is 3. The summed E-state index contributed by atoms with van der Waals surface area (Å²) in [6.07, 6.45) is 3.55. The van der Waals surface area contributed by atoms with E-state index in [1.807, 2.05) is 24.6 Å². The van der Waals surface area contributed by atoms with Crippen molar-refractivity contribution < 1.29 is 4.79 Å². The first-order chi connectivity index (χ1) is 8.99. The molecule has 1 amide bonds. The van der Waals surface area contributed by atoms with Crippen molar-refractivity contribution in [3.05, 3.63) is 18.2 Å². The van der Waals surface area contributed by atoms with E-state index < -0.39 is 0 Å². The molecule has 1 heterocycles. The topological polar surface area (TPSA) is 61.9 Å². The highest BCUT2D eigenvalue weighted by Gasteiger charge is 2.17. The Hall–Kier alpha value is -1.83. The second-order valence-corrected chi connectivity index (χ2v) is 5.03. The second kappa shape index (κ2) is 6.93. The van der Waals surface area contributed by atoms with E-state index in [1.165, 1.54) is 0 Å². The van der Waals surface area contributed by atoms with E-state index in [1.54, 1.807) is 11.1 Å². The zero-order valence-corrected chi connectivity index (χ0v) is 12.1. The molecule has 1 atom stereocenters. The number of aromatic nitrogens is 2. The molecule has 0 aliphatic heterocycles. The maximum atomic E-state index is 12.2. The van der Waals surface area contributed by atoms with Crippen molar-refractivity contribution in [3.63, 3.8) is 0 Å². The Balaban J connectivity index is 2.72. The van der Waals surface area contributed by atoms with Crippen molar-refractivity contribution in [2.75, 3.05) is 13.1 Å². The Kier molecular flexibility index (Phi) is 5.56. The molecule has 19 heavy (non-hydrogen) atoms. The van der Waals surface area contributed by atoms with Crippen molar-refractivity contribution >= 4 is 5.91 Å². The van der Waals surface area contributed by atoms with Crippen LogP contribution in [-0.2, 0) is 11.3 Å². The molecule has 1 unspecified atom stereocenters. The van der Waals surface area contributed by atoms with Gasteiger partial charge < -0.3 is 9.47 Å². The Morgan fingerprint density at radius 1 is 1.53 bits per heavy atom. The van der Waals surface area contributed by atoms with Crippen LogP contribution >= 0.6 is 0 Å². The van der Waals surface area contributed by atoms with Gasteiger partial charge in [-0.05, 0) is 13.8 Å². The maximum Gasteiger partial charge on any atom is 0.242 e. The fourth-order valence-corrected chi connectivity index (χ4v) is 1.98. The van der Waals surface area contributed by atoms with Crippen molar-refractivity contribution in [2.24, 2.45) is 5.92 Å². The molecule has 0 radical (unpaired) electrons. The first-order valence-corrected chi connectivity index (χ1v) is 6.68. The molecule has 0 aliphatic rings. The molecule has 1 rings (SSSR count). The summed E-state index contributed by atoms with van der Waals surface area (Å²) in [5, 5.41) is 8.83. The van der Waals surface area contributed by atoms with E-state index >= 15 is 0 Å². The monoisotopic (exact) mass is 262 g/mol. The molecule has 0 saturated heterocycles. The van der Waals surface area contributed by atoms with Gasteiger partial charge in [0.25, 0.3) is 0 Å².